The molecule has 0 aliphatic heterocycles. The molecule has 0 aromatic heterocycles. The van der Waals surface area contributed by atoms with Gasteiger partial charge in [-0.2, -0.15) is 0 Å². The van der Waals surface area contributed by atoms with Crippen LogP contribution >= 0.6 is 0 Å². The first-order valence-corrected chi connectivity index (χ1v) is 6.85. The lowest BCUT2D eigenvalue weighted by atomic mass is 9.92. The number of carbonyl (C=O) groups is 1. The summed E-state index contributed by atoms with van der Waals surface area (Å²) >= 11 is 0. The molecule has 3 nitrogen and oxygen atoms in total. The molecule has 0 heterocycles. The van der Waals surface area contributed by atoms with Crippen molar-refractivity contribution >= 4 is 5.97 Å². The Kier molecular flexibility index (Phi) is 5.44. The lowest BCUT2D eigenvalue weighted by molar-refractivity contribution is -0.145. The number of rotatable bonds is 5. The quantitative estimate of drug-likeness (QED) is 0.752. The van der Waals surface area contributed by atoms with Crippen LogP contribution in [0.15, 0.2) is 0 Å². The van der Waals surface area contributed by atoms with Crippen LogP contribution in [0.25, 0.3) is 0 Å². The van der Waals surface area contributed by atoms with E-state index in [9.17, 15) is 4.79 Å². The lowest BCUT2D eigenvalue weighted by Gasteiger charge is -2.27. The monoisotopic (exact) mass is 241 g/mol. The largest absolute Gasteiger partial charge is 0.469 e. The maximum atomic E-state index is 11.5. The van der Waals surface area contributed by atoms with Gasteiger partial charge in [0.15, 0.2) is 0 Å². The van der Waals surface area contributed by atoms with Crippen LogP contribution in [0.2, 0.25) is 0 Å². The zero-order valence-electron chi connectivity index (χ0n) is 11.8. The van der Waals surface area contributed by atoms with Crippen molar-refractivity contribution in [2.45, 2.75) is 59.0 Å². The average Bonchev–Trinajstić information content (AvgIpc) is 2.68. The zero-order chi connectivity index (χ0) is 13.0. The number of carbonyl (C=O) groups excluding carboxylic acids is 1. The predicted molar refractivity (Wildman–Crippen MR) is 69.7 cm³/mol. The number of hydrogen-bond donors (Lipinski definition) is 1. The highest BCUT2D eigenvalue weighted by molar-refractivity contribution is 5.72. The molecule has 0 spiro atoms. The van der Waals surface area contributed by atoms with Crippen molar-refractivity contribution in [2.24, 2.45) is 17.8 Å². The maximum absolute atomic E-state index is 11.5. The van der Waals surface area contributed by atoms with Crippen molar-refractivity contribution in [1.29, 1.82) is 0 Å². The van der Waals surface area contributed by atoms with Gasteiger partial charge in [-0.3, -0.25) is 4.79 Å². The fraction of sp³-hybridized carbons (Fsp3) is 0.929. The van der Waals surface area contributed by atoms with Crippen LogP contribution in [0.1, 0.15) is 47.0 Å². The Hall–Kier alpha value is -0.570. The SMILES string of the molecule is CCC1CCC(NC(C)C(C)C(=O)OC)C1C. The van der Waals surface area contributed by atoms with E-state index in [1.54, 1.807) is 0 Å². The third-order valence-electron chi connectivity index (χ3n) is 4.55. The van der Waals surface area contributed by atoms with Crippen LogP contribution in [-0.2, 0) is 9.53 Å². The van der Waals surface area contributed by atoms with Crippen molar-refractivity contribution in [3.8, 4) is 0 Å². The van der Waals surface area contributed by atoms with E-state index in [0.29, 0.717) is 12.0 Å². The summed E-state index contributed by atoms with van der Waals surface area (Å²) in [5.74, 6) is 1.36. The minimum absolute atomic E-state index is 0.0760. The third kappa shape index (κ3) is 3.44. The van der Waals surface area contributed by atoms with Gasteiger partial charge in [-0.25, -0.2) is 0 Å². The van der Waals surface area contributed by atoms with E-state index in [0.717, 1.165) is 5.92 Å². The van der Waals surface area contributed by atoms with Gasteiger partial charge in [-0.15, -0.1) is 0 Å². The average molecular weight is 241 g/mol. The highest BCUT2D eigenvalue weighted by Crippen LogP contribution is 2.34. The van der Waals surface area contributed by atoms with E-state index >= 15 is 0 Å². The van der Waals surface area contributed by atoms with Gasteiger partial charge in [-0.05, 0) is 31.6 Å². The summed E-state index contributed by atoms with van der Waals surface area (Å²) in [5, 5.41) is 3.61. The van der Waals surface area contributed by atoms with Gasteiger partial charge in [0.25, 0.3) is 0 Å². The Morgan fingerprint density at radius 1 is 1.41 bits per heavy atom. The van der Waals surface area contributed by atoms with Crippen LogP contribution < -0.4 is 5.32 Å². The summed E-state index contributed by atoms with van der Waals surface area (Å²) < 4.78 is 4.79. The minimum atomic E-state index is -0.123. The molecule has 1 aliphatic carbocycles. The lowest BCUT2D eigenvalue weighted by Crippen LogP contribution is -2.44. The Bertz CT molecular complexity index is 255. The number of hydrogen-bond acceptors (Lipinski definition) is 3. The first-order valence-electron chi connectivity index (χ1n) is 6.85. The van der Waals surface area contributed by atoms with E-state index in [2.05, 4.69) is 26.1 Å². The van der Waals surface area contributed by atoms with Crippen molar-refractivity contribution in [2.75, 3.05) is 7.11 Å². The number of esters is 1. The molecule has 0 radical (unpaired) electrons. The maximum Gasteiger partial charge on any atom is 0.309 e. The van der Waals surface area contributed by atoms with E-state index in [1.165, 1.54) is 26.4 Å². The summed E-state index contributed by atoms with van der Waals surface area (Å²) in [6.45, 7) is 8.60. The minimum Gasteiger partial charge on any atom is -0.469 e. The summed E-state index contributed by atoms with van der Waals surface area (Å²) in [6.07, 6.45) is 3.81. The van der Waals surface area contributed by atoms with E-state index < -0.39 is 0 Å². The molecule has 1 rings (SSSR count). The number of nitrogens with one attached hydrogen (secondary N) is 1. The highest BCUT2D eigenvalue weighted by atomic mass is 16.5. The second-order valence-corrected chi connectivity index (χ2v) is 5.48. The van der Waals surface area contributed by atoms with Crippen LogP contribution in [0.3, 0.4) is 0 Å². The molecule has 100 valence electrons. The van der Waals surface area contributed by atoms with Crippen LogP contribution in [0.5, 0.6) is 0 Å². The van der Waals surface area contributed by atoms with Crippen LogP contribution in [-0.4, -0.2) is 25.2 Å². The van der Waals surface area contributed by atoms with E-state index in [1.807, 2.05) is 6.92 Å². The Morgan fingerprint density at radius 3 is 2.53 bits per heavy atom. The van der Waals surface area contributed by atoms with Gasteiger partial charge in [0.2, 0.25) is 0 Å². The molecule has 5 unspecified atom stereocenters. The molecule has 1 N–H and O–H groups in total. The van der Waals surface area contributed by atoms with Gasteiger partial charge < -0.3 is 10.1 Å². The Labute approximate surface area is 105 Å². The van der Waals surface area contributed by atoms with Gasteiger partial charge in [0, 0.05) is 12.1 Å². The fourth-order valence-electron chi connectivity index (χ4n) is 2.93. The summed E-state index contributed by atoms with van der Waals surface area (Å²) in [4.78, 5) is 11.5. The molecular weight excluding hydrogens is 214 g/mol. The summed E-state index contributed by atoms with van der Waals surface area (Å²) in [7, 11) is 1.46. The number of methoxy groups -OCH3 is 1. The van der Waals surface area contributed by atoms with Crippen LogP contribution in [0, 0.1) is 17.8 Å². The van der Waals surface area contributed by atoms with Crippen molar-refractivity contribution in [3.05, 3.63) is 0 Å². The van der Waals surface area contributed by atoms with Gasteiger partial charge in [0.05, 0.1) is 13.0 Å². The molecule has 5 atom stereocenters. The fourth-order valence-corrected chi connectivity index (χ4v) is 2.93. The smallest absolute Gasteiger partial charge is 0.309 e. The second-order valence-electron chi connectivity index (χ2n) is 5.48. The predicted octanol–water partition coefficient (Wildman–Crippen LogP) is 2.60. The molecule has 0 amide bonds. The van der Waals surface area contributed by atoms with Crippen molar-refractivity contribution < 1.29 is 9.53 Å². The molecule has 0 bridgehead atoms. The molecule has 1 saturated carbocycles. The molecule has 3 heteroatoms. The normalized spacial score (nSPS) is 32.2. The van der Waals surface area contributed by atoms with E-state index in [-0.39, 0.29) is 17.9 Å². The number of ether oxygens (including phenoxy) is 1. The van der Waals surface area contributed by atoms with Crippen molar-refractivity contribution in [3.63, 3.8) is 0 Å². The molecule has 0 aromatic carbocycles. The Balaban J connectivity index is 2.46. The molecule has 0 saturated heterocycles. The Morgan fingerprint density at radius 2 is 2.06 bits per heavy atom. The highest BCUT2D eigenvalue weighted by Gasteiger charge is 2.33. The zero-order valence-corrected chi connectivity index (χ0v) is 11.8. The summed E-state index contributed by atoms with van der Waals surface area (Å²) in [5.41, 5.74) is 0. The van der Waals surface area contributed by atoms with E-state index in [4.69, 9.17) is 4.74 Å². The summed E-state index contributed by atoms with van der Waals surface area (Å²) in [6, 6.07) is 0.743. The topological polar surface area (TPSA) is 38.3 Å². The first kappa shape index (κ1) is 14.5. The molecule has 17 heavy (non-hydrogen) atoms. The van der Waals surface area contributed by atoms with Gasteiger partial charge in [-0.1, -0.05) is 27.2 Å². The van der Waals surface area contributed by atoms with Gasteiger partial charge >= 0.3 is 5.97 Å². The third-order valence-corrected chi connectivity index (χ3v) is 4.55. The molecule has 0 aromatic rings. The second kappa shape index (κ2) is 6.39. The molecular formula is C14H27NO2. The molecule has 1 aliphatic rings. The van der Waals surface area contributed by atoms with Crippen LogP contribution in [0.4, 0.5) is 0 Å². The first-order chi connectivity index (χ1) is 8.01. The standard InChI is InChI=1S/C14H27NO2/c1-6-12-7-8-13(10(12)3)15-11(4)9(2)14(16)17-5/h9-13,15H,6-8H2,1-5H3. The molecule has 1 fully saturated rings. The van der Waals surface area contributed by atoms with Crippen molar-refractivity contribution in [1.82, 2.24) is 5.32 Å². The van der Waals surface area contributed by atoms with Gasteiger partial charge in [0.1, 0.15) is 0 Å².